The Labute approximate surface area is 206 Å². The second-order valence-electron chi connectivity index (χ2n) is 9.63. The Balaban J connectivity index is 1.47. The van der Waals surface area contributed by atoms with E-state index in [9.17, 15) is 4.79 Å². The zero-order valence-electron chi connectivity index (χ0n) is 20.4. The van der Waals surface area contributed by atoms with Gasteiger partial charge in [-0.05, 0) is 36.1 Å². The van der Waals surface area contributed by atoms with Crippen LogP contribution >= 0.6 is 0 Å². The Morgan fingerprint density at radius 1 is 1.03 bits per heavy atom. The van der Waals surface area contributed by atoms with Crippen molar-refractivity contribution in [2.75, 3.05) is 5.32 Å². The van der Waals surface area contributed by atoms with Crippen LogP contribution in [0.15, 0.2) is 67.0 Å². The van der Waals surface area contributed by atoms with E-state index in [4.69, 9.17) is 9.72 Å². The summed E-state index contributed by atoms with van der Waals surface area (Å²) < 4.78 is 7.93. The fraction of sp³-hybridized carbons (Fsp3) is 0.345. The Morgan fingerprint density at radius 3 is 2.49 bits per heavy atom. The maximum absolute atomic E-state index is 12.3. The molecule has 0 atom stereocenters. The summed E-state index contributed by atoms with van der Waals surface area (Å²) in [6, 6.07) is 18.4. The molecule has 2 aromatic carbocycles. The van der Waals surface area contributed by atoms with Crippen molar-refractivity contribution in [3.8, 4) is 16.9 Å². The number of aromatic nitrogens is 3. The lowest BCUT2D eigenvalue weighted by Crippen LogP contribution is -2.18. The summed E-state index contributed by atoms with van der Waals surface area (Å²) in [6.45, 7) is 4.31. The summed E-state index contributed by atoms with van der Waals surface area (Å²) in [7, 11) is 0. The van der Waals surface area contributed by atoms with Gasteiger partial charge in [0.15, 0.2) is 5.65 Å². The lowest BCUT2D eigenvalue weighted by molar-refractivity contribution is -0.118. The minimum Gasteiger partial charge on any atom is -0.489 e. The highest BCUT2D eigenvalue weighted by atomic mass is 16.5. The summed E-state index contributed by atoms with van der Waals surface area (Å²) >= 11 is 0. The van der Waals surface area contributed by atoms with Crippen molar-refractivity contribution < 1.29 is 9.53 Å². The number of amides is 1. The minimum atomic E-state index is -0.107. The van der Waals surface area contributed by atoms with Gasteiger partial charge in [0.05, 0.1) is 11.9 Å². The predicted octanol–water partition coefficient (Wildman–Crippen LogP) is 6.62. The van der Waals surface area contributed by atoms with Crippen LogP contribution in [0.1, 0.15) is 63.1 Å². The van der Waals surface area contributed by atoms with E-state index in [1.807, 2.05) is 54.9 Å². The Bertz CT molecular complexity index is 1290. The smallest absolute Gasteiger partial charge is 0.227 e. The molecular weight excluding hydrogens is 436 g/mol. The standard InChI is InChI=1S/C29H32N4O2/c1-20(2)29(34)32-26-18-31-33-27(23-11-7-4-8-12-23)25(17-30-28(26)33)22-13-15-24(16-14-22)35-19-21-9-5-3-6-10-21/h3,5-6,9-10,13-18,20,23H,4,7-8,11-12,19H2,1-2H3,(H,32,34). The fourth-order valence-corrected chi connectivity index (χ4v) is 4.78. The molecule has 1 aliphatic carbocycles. The number of ether oxygens (including phenoxy) is 1. The summed E-state index contributed by atoms with van der Waals surface area (Å²) in [5.74, 6) is 1.11. The van der Waals surface area contributed by atoms with Gasteiger partial charge in [0.2, 0.25) is 5.91 Å². The van der Waals surface area contributed by atoms with E-state index >= 15 is 0 Å². The quantitative estimate of drug-likeness (QED) is 0.331. The van der Waals surface area contributed by atoms with Crippen molar-refractivity contribution in [3.63, 3.8) is 0 Å². The molecule has 0 unspecified atom stereocenters. The number of benzene rings is 2. The molecule has 35 heavy (non-hydrogen) atoms. The van der Waals surface area contributed by atoms with E-state index in [0.29, 0.717) is 23.9 Å². The molecule has 0 radical (unpaired) electrons. The lowest BCUT2D eigenvalue weighted by atomic mass is 9.84. The van der Waals surface area contributed by atoms with Crippen molar-refractivity contribution in [2.45, 2.75) is 58.5 Å². The van der Waals surface area contributed by atoms with Gasteiger partial charge in [-0.25, -0.2) is 9.50 Å². The number of rotatable bonds is 7. The van der Waals surface area contributed by atoms with Gasteiger partial charge in [-0.2, -0.15) is 5.10 Å². The summed E-state index contributed by atoms with van der Waals surface area (Å²) in [4.78, 5) is 17.1. The van der Waals surface area contributed by atoms with Gasteiger partial charge in [0.25, 0.3) is 0 Å². The first-order valence-electron chi connectivity index (χ1n) is 12.5. The molecule has 0 spiro atoms. The average Bonchev–Trinajstić information content (AvgIpc) is 3.31. The van der Waals surface area contributed by atoms with Crippen LogP contribution in [0.3, 0.4) is 0 Å². The second kappa shape index (κ2) is 10.3. The van der Waals surface area contributed by atoms with Crippen LogP contribution in [-0.2, 0) is 11.4 Å². The normalized spacial score (nSPS) is 14.4. The molecule has 2 heterocycles. The van der Waals surface area contributed by atoms with Crippen molar-refractivity contribution in [1.82, 2.24) is 14.6 Å². The maximum Gasteiger partial charge on any atom is 0.227 e. The van der Waals surface area contributed by atoms with E-state index in [1.54, 1.807) is 6.20 Å². The van der Waals surface area contributed by atoms with Crippen LogP contribution in [0.4, 0.5) is 5.69 Å². The van der Waals surface area contributed by atoms with Crippen molar-refractivity contribution >= 4 is 17.2 Å². The molecular formula is C29H32N4O2. The van der Waals surface area contributed by atoms with Gasteiger partial charge in [-0.3, -0.25) is 4.79 Å². The highest BCUT2D eigenvalue weighted by Gasteiger charge is 2.25. The second-order valence-corrected chi connectivity index (χ2v) is 9.63. The molecule has 0 saturated heterocycles. The molecule has 1 aliphatic rings. The Morgan fingerprint density at radius 2 is 1.77 bits per heavy atom. The van der Waals surface area contributed by atoms with Gasteiger partial charge in [-0.1, -0.05) is 75.6 Å². The molecule has 1 N–H and O–H groups in total. The number of hydrogen-bond donors (Lipinski definition) is 1. The topological polar surface area (TPSA) is 68.5 Å². The van der Waals surface area contributed by atoms with E-state index in [2.05, 4.69) is 34.7 Å². The number of hydrogen-bond acceptors (Lipinski definition) is 4. The number of anilines is 1. The molecule has 2 aromatic heterocycles. The zero-order valence-corrected chi connectivity index (χ0v) is 20.4. The van der Waals surface area contributed by atoms with Crippen molar-refractivity contribution in [1.29, 1.82) is 0 Å². The SMILES string of the molecule is CC(C)C(=O)Nc1cnn2c(C3CCCCC3)c(-c3ccc(OCc4ccccc4)cc3)cnc12. The third-order valence-corrected chi connectivity index (χ3v) is 6.75. The van der Waals surface area contributed by atoms with Crippen LogP contribution in [0.25, 0.3) is 16.8 Å². The van der Waals surface area contributed by atoms with E-state index < -0.39 is 0 Å². The monoisotopic (exact) mass is 468 g/mol. The van der Waals surface area contributed by atoms with Gasteiger partial charge in [0.1, 0.15) is 18.0 Å². The molecule has 5 rings (SSSR count). The molecule has 180 valence electrons. The largest absolute Gasteiger partial charge is 0.489 e. The number of nitrogens with one attached hydrogen (secondary N) is 1. The Hall–Kier alpha value is -3.67. The van der Waals surface area contributed by atoms with E-state index in [0.717, 1.165) is 35.3 Å². The number of nitrogens with zero attached hydrogens (tertiary/aromatic N) is 3. The lowest BCUT2D eigenvalue weighted by Gasteiger charge is -2.25. The first-order valence-corrected chi connectivity index (χ1v) is 12.5. The molecule has 1 amide bonds. The third-order valence-electron chi connectivity index (χ3n) is 6.75. The molecule has 4 aromatic rings. The highest BCUT2D eigenvalue weighted by molar-refractivity contribution is 5.95. The van der Waals surface area contributed by atoms with Gasteiger partial charge in [-0.15, -0.1) is 0 Å². The van der Waals surface area contributed by atoms with Crippen molar-refractivity contribution in [3.05, 3.63) is 78.2 Å². The summed E-state index contributed by atoms with van der Waals surface area (Å²) in [5, 5.41) is 7.68. The molecule has 1 fully saturated rings. The summed E-state index contributed by atoms with van der Waals surface area (Å²) in [5.41, 5.74) is 5.87. The first kappa shape index (κ1) is 23.1. The maximum atomic E-state index is 12.3. The van der Waals surface area contributed by atoms with E-state index in [-0.39, 0.29) is 11.8 Å². The van der Waals surface area contributed by atoms with Gasteiger partial charge >= 0.3 is 0 Å². The van der Waals surface area contributed by atoms with Crippen LogP contribution in [0.5, 0.6) is 5.75 Å². The highest BCUT2D eigenvalue weighted by Crippen LogP contribution is 2.39. The van der Waals surface area contributed by atoms with E-state index in [1.165, 1.54) is 25.0 Å². The predicted molar refractivity (Wildman–Crippen MR) is 138 cm³/mol. The van der Waals surface area contributed by atoms with Crippen LogP contribution in [0.2, 0.25) is 0 Å². The zero-order chi connectivity index (χ0) is 24.2. The van der Waals surface area contributed by atoms with Gasteiger partial charge in [0, 0.05) is 23.6 Å². The first-order chi connectivity index (χ1) is 17.1. The average molecular weight is 469 g/mol. The summed E-state index contributed by atoms with van der Waals surface area (Å²) in [6.07, 6.45) is 9.65. The van der Waals surface area contributed by atoms with Crippen molar-refractivity contribution in [2.24, 2.45) is 5.92 Å². The molecule has 1 saturated carbocycles. The minimum absolute atomic E-state index is 0.0314. The van der Waals surface area contributed by atoms with Crippen LogP contribution in [-0.4, -0.2) is 20.5 Å². The molecule has 6 nitrogen and oxygen atoms in total. The number of carbonyl (C=O) groups excluding carboxylic acids is 1. The Kier molecular flexibility index (Phi) is 6.80. The van der Waals surface area contributed by atoms with Crippen LogP contribution < -0.4 is 10.1 Å². The van der Waals surface area contributed by atoms with Gasteiger partial charge < -0.3 is 10.1 Å². The molecule has 0 aliphatic heterocycles. The fourth-order valence-electron chi connectivity index (χ4n) is 4.78. The number of fused-ring (bicyclic) bond motifs is 1. The molecule has 6 heteroatoms. The van der Waals surface area contributed by atoms with Crippen LogP contribution in [0, 0.1) is 5.92 Å². The number of carbonyl (C=O) groups is 1. The third kappa shape index (κ3) is 5.06. The molecule has 0 bridgehead atoms.